The van der Waals surface area contributed by atoms with Crippen LogP contribution in [0.2, 0.25) is 0 Å². The normalized spacial score (nSPS) is 16.6. The molecule has 5 rings (SSSR count). The maximum atomic E-state index is 14.4. The highest BCUT2D eigenvalue weighted by atomic mass is 19.3. The summed E-state index contributed by atoms with van der Waals surface area (Å²) in [6.45, 7) is 4.39. The number of oxazole rings is 1. The van der Waals surface area contributed by atoms with Crippen LogP contribution in [-0.2, 0) is 12.1 Å². The van der Waals surface area contributed by atoms with Gasteiger partial charge in [0.2, 0.25) is 11.7 Å². The first-order valence-corrected chi connectivity index (χ1v) is 10.4. The van der Waals surface area contributed by atoms with E-state index in [4.69, 9.17) is 4.42 Å². The Balaban J connectivity index is 1.63. The van der Waals surface area contributed by atoms with Crippen LogP contribution in [0, 0.1) is 6.92 Å². The van der Waals surface area contributed by atoms with Gasteiger partial charge in [0, 0.05) is 24.9 Å². The molecule has 0 spiro atoms. The highest BCUT2D eigenvalue weighted by Crippen LogP contribution is 2.37. The number of nitrogens with zero attached hydrogens (tertiary/aromatic N) is 5. The van der Waals surface area contributed by atoms with Crippen molar-refractivity contribution in [3.05, 3.63) is 70.7 Å². The van der Waals surface area contributed by atoms with Crippen molar-refractivity contribution in [3.8, 4) is 0 Å². The zero-order valence-electron chi connectivity index (χ0n) is 18.1. The number of rotatable bonds is 4. The zero-order valence-corrected chi connectivity index (χ0v) is 18.1. The number of hydrogen-bond donors (Lipinski definition) is 1. The minimum atomic E-state index is -3.11. The lowest BCUT2D eigenvalue weighted by Gasteiger charge is -2.33. The molecule has 1 atom stereocenters. The van der Waals surface area contributed by atoms with Gasteiger partial charge >= 0.3 is 0 Å². The number of aryl methyl sites for hydroxylation is 1. The molecule has 0 saturated heterocycles. The summed E-state index contributed by atoms with van der Waals surface area (Å²) < 4.78 is 48.8. The Hall–Kier alpha value is -3.63. The fraction of sp³-hybridized carbons (Fsp3) is 0.364. The minimum absolute atomic E-state index is 0.198. The lowest BCUT2D eigenvalue weighted by molar-refractivity contribution is 0.0630. The Morgan fingerprint density at radius 3 is 2.85 bits per heavy atom. The molecular weight excluding hydrogens is 437 g/mol. The van der Waals surface area contributed by atoms with Crippen molar-refractivity contribution in [1.82, 2.24) is 29.5 Å². The molecule has 8 nitrogen and oxygen atoms in total. The number of nitrogens with one attached hydrogen (secondary N) is 1. The van der Waals surface area contributed by atoms with Crippen molar-refractivity contribution in [2.75, 3.05) is 6.54 Å². The maximum Gasteiger partial charge on any atom is 0.292 e. The average molecular weight is 458 g/mol. The van der Waals surface area contributed by atoms with Crippen LogP contribution in [0.25, 0.3) is 5.52 Å². The Morgan fingerprint density at radius 2 is 2.15 bits per heavy atom. The molecule has 0 fully saturated rings. The summed E-state index contributed by atoms with van der Waals surface area (Å²) in [7, 11) is 0. The molecule has 1 unspecified atom stereocenters. The predicted molar refractivity (Wildman–Crippen MR) is 111 cm³/mol. The fourth-order valence-corrected chi connectivity index (χ4v) is 4.12. The number of pyridine rings is 1. The molecule has 0 bridgehead atoms. The summed E-state index contributed by atoms with van der Waals surface area (Å²) >= 11 is 0. The number of alkyl halides is 3. The number of halogens is 3. The molecule has 5 heterocycles. The van der Waals surface area contributed by atoms with E-state index >= 15 is 0 Å². The van der Waals surface area contributed by atoms with E-state index in [1.165, 1.54) is 11.2 Å². The first kappa shape index (κ1) is 21.2. The molecule has 1 amide bonds. The van der Waals surface area contributed by atoms with E-state index in [1.54, 1.807) is 10.7 Å². The predicted octanol–water partition coefficient (Wildman–Crippen LogP) is 4.28. The maximum absolute atomic E-state index is 14.4. The Kier molecular flexibility index (Phi) is 4.80. The molecule has 33 heavy (non-hydrogen) atoms. The number of fused-ring (bicyclic) bond motifs is 2. The third kappa shape index (κ3) is 3.47. The molecule has 1 N–H and O–H groups in total. The van der Waals surface area contributed by atoms with Crippen LogP contribution in [0.4, 0.5) is 13.2 Å². The molecule has 1 aliphatic heterocycles. The minimum Gasteiger partial charge on any atom is -0.431 e. The first-order valence-electron chi connectivity index (χ1n) is 10.4. The third-order valence-corrected chi connectivity index (χ3v) is 5.76. The first-order chi connectivity index (χ1) is 15.6. The van der Waals surface area contributed by atoms with E-state index in [9.17, 15) is 18.0 Å². The molecule has 0 radical (unpaired) electrons. The van der Waals surface area contributed by atoms with Gasteiger partial charge in [0.25, 0.3) is 12.3 Å². The molecule has 4 aromatic heterocycles. The van der Waals surface area contributed by atoms with Gasteiger partial charge in [-0.3, -0.25) is 4.79 Å². The van der Waals surface area contributed by atoms with Crippen molar-refractivity contribution in [1.29, 1.82) is 0 Å². The second-order valence-electron chi connectivity index (χ2n) is 8.51. The number of aromatic amines is 1. The van der Waals surface area contributed by atoms with Crippen LogP contribution in [0.3, 0.4) is 0 Å². The summed E-state index contributed by atoms with van der Waals surface area (Å²) in [5.41, 5.74) is 0.745. The average Bonchev–Trinajstić information content (AvgIpc) is 3.49. The van der Waals surface area contributed by atoms with Crippen LogP contribution in [0.1, 0.15) is 71.1 Å². The summed E-state index contributed by atoms with van der Waals surface area (Å²) in [6.07, 6.45) is 0.637. The van der Waals surface area contributed by atoms with E-state index in [-0.39, 0.29) is 6.54 Å². The second-order valence-corrected chi connectivity index (χ2v) is 8.51. The summed E-state index contributed by atoms with van der Waals surface area (Å²) in [4.78, 5) is 25.9. The third-order valence-electron chi connectivity index (χ3n) is 5.76. The van der Waals surface area contributed by atoms with Crippen LogP contribution in [0.5, 0.6) is 0 Å². The molecule has 0 saturated carbocycles. The van der Waals surface area contributed by atoms with Crippen molar-refractivity contribution >= 4 is 11.4 Å². The summed E-state index contributed by atoms with van der Waals surface area (Å²) in [5.74, 6) is -2.06. The van der Waals surface area contributed by atoms with Crippen LogP contribution in [0.15, 0.2) is 35.1 Å². The smallest absolute Gasteiger partial charge is 0.292 e. The van der Waals surface area contributed by atoms with Gasteiger partial charge in [0.1, 0.15) is 6.04 Å². The molecular formula is C22H21F3N6O2. The van der Waals surface area contributed by atoms with Crippen molar-refractivity contribution in [3.63, 3.8) is 0 Å². The quantitative estimate of drug-likeness (QED) is 0.493. The van der Waals surface area contributed by atoms with E-state index < -0.39 is 41.4 Å². The van der Waals surface area contributed by atoms with Crippen LogP contribution in [-0.4, -0.2) is 41.9 Å². The van der Waals surface area contributed by atoms with Crippen LogP contribution < -0.4 is 0 Å². The van der Waals surface area contributed by atoms with Gasteiger partial charge in [-0.15, -0.1) is 0 Å². The Bertz CT molecular complexity index is 1350. The highest BCUT2D eigenvalue weighted by Gasteiger charge is 2.41. The molecule has 172 valence electrons. The lowest BCUT2D eigenvalue weighted by Crippen LogP contribution is -2.41. The standard InChI is InChI=1S/C22H21F3N6O2/c1-11-5-4-7-31-14(11)9-13(29-31)17-15-12(26-10-27-15)6-8-30(17)20(32)18-16(19(23)24)28-21(33-18)22(2,3)25/h4-5,7,9-10,17,19H,6,8H2,1-3H3,(H,26,27). The second kappa shape index (κ2) is 7.46. The molecule has 0 aliphatic carbocycles. The van der Waals surface area contributed by atoms with Crippen molar-refractivity contribution in [2.45, 2.75) is 45.3 Å². The van der Waals surface area contributed by atoms with Gasteiger partial charge < -0.3 is 14.3 Å². The Labute approximate surface area is 186 Å². The molecule has 0 aromatic carbocycles. The fourth-order valence-electron chi connectivity index (χ4n) is 4.12. The van der Waals surface area contributed by atoms with Gasteiger partial charge in [0.05, 0.1) is 23.2 Å². The Morgan fingerprint density at radius 1 is 1.36 bits per heavy atom. The van der Waals surface area contributed by atoms with Crippen molar-refractivity contribution in [2.24, 2.45) is 0 Å². The van der Waals surface area contributed by atoms with Crippen LogP contribution >= 0.6 is 0 Å². The monoisotopic (exact) mass is 458 g/mol. The number of carbonyl (C=O) groups is 1. The van der Waals surface area contributed by atoms with Crippen molar-refractivity contribution < 1.29 is 22.4 Å². The highest BCUT2D eigenvalue weighted by molar-refractivity contribution is 5.93. The molecule has 11 heteroatoms. The van der Waals surface area contributed by atoms with Gasteiger partial charge in [-0.25, -0.2) is 27.7 Å². The van der Waals surface area contributed by atoms with Gasteiger partial charge in [-0.05, 0) is 38.5 Å². The van der Waals surface area contributed by atoms with Gasteiger partial charge in [-0.1, -0.05) is 6.07 Å². The molecule has 4 aromatic rings. The van der Waals surface area contributed by atoms with E-state index in [0.717, 1.165) is 30.6 Å². The molecule has 1 aliphatic rings. The van der Waals surface area contributed by atoms with Gasteiger partial charge in [0.15, 0.2) is 11.4 Å². The SMILES string of the molecule is Cc1cccn2nc(C3c4nc[nH]c4CCN3C(=O)c3oc(C(C)(C)F)nc3C(F)F)cc12. The zero-order chi connectivity index (χ0) is 23.5. The number of hydrogen-bond acceptors (Lipinski definition) is 5. The number of imidazole rings is 1. The largest absolute Gasteiger partial charge is 0.431 e. The number of amides is 1. The van der Waals surface area contributed by atoms with E-state index in [2.05, 4.69) is 20.1 Å². The topological polar surface area (TPSA) is 92.3 Å². The lowest BCUT2D eigenvalue weighted by atomic mass is 9.99. The summed E-state index contributed by atoms with van der Waals surface area (Å²) in [6, 6.07) is 4.89. The number of aromatic nitrogens is 5. The van der Waals surface area contributed by atoms with Gasteiger partial charge in [-0.2, -0.15) is 5.10 Å². The summed E-state index contributed by atoms with van der Waals surface area (Å²) in [5, 5.41) is 4.62. The number of H-pyrrole nitrogens is 1. The number of carbonyl (C=O) groups excluding carboxylic acids is 1. The van der Waals surface area contributed by atoms with E-state index in [0.29, 0.717) is 17.8 Å². The van der Waals surface area contributed by atoms with E-state index in [1.807, 2.05) is 25.1 Å².